The summed E-state index contributed by atoms with van der Waals surface area (Å²) in [6.45, 7) is 6.65. The Kier molecular flexibility index (Phi) is 4.13. The summed E-state index contributed by atoms with van der Waals surface area (Å²) in [6.07, 6.45) is 0.150. The van der Waals surface area contributed by atoms with E-state index in [1.165, 1.54) is 0 Å². The number of ether oxygens (including phenoxy) is 1. The average molecular weight is 303 g/mol. The predicted molar refractivity (Wildman–Crippen MR) is 84.6 cm³/mol. The molecule has 0 bridgehead atoms. The number of rotatable bonds is 2. The molecule has 1 aromatic heterocycles. The molecule has 21 heavy (non-hydrogen) atoms. The lowest BCUT2D eigenvalue weighted by molar-refractivity contribution is 0.155. The van der Waals surface area contributed by atoms with Gasteiger partial charge in [0.2, 0.25) is 0 Å². The van der Waals surface area contributed by atoms with Crippen molar-refractivity contribution in [1.29, 1.82) is 0 Å². The molecule has 2 heterocycles. The van der Waals surface area contributed by atoms with Gasteiger partial charge in [-0.05, 0) is 44.2 Å². The highest BCUT2D eigenvalue weighted by Crippen LogP contribution is 2.28. The van der Waals surface area contributed by atoms with E-state index in [1.807, 2.05) is 31.2 Å². The summed E-state index contributed by atoms with van der Waals surface area (Å²) in [5, 5.41) is 0.750. The van der Waals surface area contributed by atoms with Crippen molar-refractivity contribution >= 4 is 11.6 Å². The Hall–Kier alpha value is -1.58. The Morgan fingerprint density at radius 3 is 3.00 bits per heavy atom. The van der Waals surface area contributed by atoms with E-state index in [-0.39, 0.29) is 6.10 Å². The van der Waals surface area contributed by atoms with E-state index in [1.54, 1.807) is 0 Å². The largest absolute Gasteiger partial charge is 0.489 e. The fourth-order valence-corrected chi connectivity index (χ4v) is 2.94. The zero-order valence-electron chi connectivity index (χ0n) is 12.3. The van der Waals surface area contributed by atoms with Crippen LogP contribution in [0.2, 0.25) is 5.02 Å². The van der Waals surface area contributed by atoms with Crippen LogP contribution >= 0.6 is 11.6 Å². The summed E-state index contributed by atoms with van der Waals surface area (Å²) in [7, 11) is 0. The fraction of sp³-hybridized carbons (Fsp3) is 0.353. The van der Waals surface area contributed by atoms with Crippen LogP contribution in [-0.4, -0.2) is 22.5 Å². The van der Waals surface area contributed by atoms with E-state index in [0.29, 0.717) is 0 Å². The SMILES string of the molecule is Cc1cccc(CN2Cc3cc(Cl)ccc3OC(C)C2)n1. The van der Waals surface area contributed by atoms with E-state index >= 15 is 0 Å². The third kappa shape index (κ3) is 3.55. The highest BCUT2D eigenvalue weighted by Gasteiger charge is 2.20. The molecule has 3 rings (SSSR count). The second-order valence-electron chi connectivity index (χ2n) is 5.62. The number of aryl methyl sites for hydroxylation is 1. The summed E-state index contributed by atoms with van der Waals surface area (Å²) in [6, 6.07) is 12.0. The lowest BCUT2D eigenvalue weighted by Crippen LogP contribution is -2.30. The molecular weight excluding hydrogens is 284 g/mol. The molecule has 0 saturated carbocycles. The lowest BCUT2D eigenvalue weighted by atomic mass is 10.2. The number of halogens is 1. The molecule has 0 radical (unpaired) electrons. The predicted octanol–water partition coefficient (Wildman–Crippen LogP) is 3.83. The third-order valence-electron chi connectivity index (χ3n) is 3.59. The van der Waals surface area contributed by atoms with E-state index < -0.39 is 0 Å². The van der Waals surface area contributed by atoms with Crippen LogP contribution in [0.1, 0.15) is 23.9 Å². The third-order valence-corrected chi connectivity index (χ3v) is 3.83. The molecule has 1 aliphatic heterocycles. The van der Waals surface area contributed by atoms with E-state index in [9.17, 15) is 0 Å². The van der Waals surface area contributed by atoms with Crippen molar-refractivity contribution in [2.45, 2.75) is 33.0 Å². The van der Waals surface area contributed by atoms with Crippen molar-refractivity contribution in [3.05, 3.63) is 58.4 Å². The molecule has 1 aliphatic rings. The van der Waals surface area contributed by atoms with Gasteiger partial charge in [0, 0.05) is 35.9 Å². The molecule has 110 valence electrons. The molecule has 2 aromatic rings. The molecule has 0 fully saturated rings. The zero-order chi connectivity index (χ0) is 14.8. The van der Waals surface area contributed by atoms with E-state index in [4.69, 9.17) is 16.3 Å². The van der Waals surface area contributed by atoms with E-state index in [0.717, 1.165) is 47.4 Å². The van der Waals surface area contributed by atoms with Gasteiger partial charge < -0.3 is 4.74 Å². The quantitative estimate of drug-likeness (QED) is 0.843. The first-order valence-corrected chi connectivity index (χ1v) is 7.58. The summed E-state index contributed by atoms with van der Waals surface area (Å²) in [5.41, 5.74) is 3.28. The first kappa shape index (κ1) is 14.4. The summed E-state index contributed by atoms with van der Waals surface area (Å²) < 4.78 is 5.98. The fourth-order valence-electron chi connectivity index (χ4n) is 2.75. The Balaban J connectivity index is 1.83. The molecule has 0 N–H and O–H groups in total. The molecule has 1 aromatic carbocycles. The van der Waals surface area contributed by atoms with Gasteiger partial charge in [0.1, 0.15) is 11.9 Å². The molecule has 1 unspecified atom stereocenters. The van der Waals surface area contributed by atoms with Gasteiger partial charge in [0.25, 0.3) is 0 Å². The summed E-state index contributed by atoms with van der Waals surface area (Å²) >= 11 is 6.11. The van der Waals surface area contributed by atoms with Gasteiger partial charge >= 0.3 is 0 Å². The van der Waals surface area contributed by atoms with Gasteiger partial charge in [-0.25, -0.2) is 0 Å². The molecule has 0 aliphatic carbocycles. The molecular formula is C17H19ClN2O. The van der Waals surface area contributed by atoms with Crippen molar-refractivity contribution in [3.8, 4) is 5.75 Å². The van der Waals surface area contributed by atoms with Crippen LogP contribution in [0, 0.1) is 6.92 Å². The zero-order valence-corrected chi connectivity index (χ0v) is 13.1. The molecule has 1 atom stereocenters. The highest BCUT2D eigenvalue weighted by atomic mass is 35.5. The van der Waals surface area contributed by atoms with Crippen LogP contribution in [-0.2, 0) is 13.1 Å². The standard InChI is InChI=1S/C17H19ClN2O/c1-12-4-3-5-16(19-12)11-20-9-13(2)21-17-7-6-15(18)8-14(17)10-20/h3-8,13H,9-11H2,1-2H3. The Labute approximate surface area is 130 Å². The second kappa shape index (κ2) is 6.04. The summed E-state index contributed by atoms with van der Waals surface area (Å²) in [5.74, 6) is 0.937. The van der Waals surface area contributed by atoms with Gasteiger partial charge in [0.15, 0.2) is 0 Å². The molecule has 4 heteroatoms. The molecule has 0 saturated heterocycles. The number of hydrogen-bond acceptors (Lipinski definition) is 3. The number of benzene rings is 1. The number of fused-ring (bicyclic) bond motifs is 1. The first-order chi connectivity index (χ1) is 10.1. The first-order valence-electron chi connectivity index (χ1n) is 7.20. The van der Waals surface area contributed by atoms with Gasteiger partial charge in [-0.3, -0.25) is 9.88 Å². The van der Waals surface area contributed by atoms with Crippen molar-refractivity contribution < 1.29 is 4.74 Å². The Morgan fingerprint density at radius 1 is 1.33 bits per heavy atom. The van der Waals surface area contributed by atoms with Crippen molar-refractivity contribution in [3.63, 3.8) is 0 Å². The van der Waals surface area contributed by atoms with Crippen molar-refractivity contribution in [2.75, 3.05) is 6.54 Å². The number of pyridine rings is 1. The normalized spacial score (nSPS) is 18.7. The maximum absolute atomic E-state index is 6.11. The lowest BCUT2D eigenvalue weighted by Gasteiger charge is -2.21. The minimum absolute atomic E-state index is 0.150. The highest BCUT2D eigenvalue weighted by molar-refractivity contribution is 6.30. The van der Waals surface area contributed by atoms with Crippen LogP contribution in [0.15, 0.2) is 36.4 Å². The minimum Gasteiger partial charge on any atom is -0.489 e. The second-order valence-corrected chi connectivity index (χ2v) is 6.06. The van der Waals surface area contributed by atoms with E-state index in [2.05, 4.69) is 28.9 Å². The monoisotopic (exact) mass is 302 g/mol. The van der Waals surface area contributed by atoms with Crippen molar-refractivity contribution in [2.24, 2.45) is 0 Å². The minimum atomic E-state index is 0.150. The Bertz CT molecular complexity index is 644. The van der Waals surface area contributed by atoms with Gasteiger partial charge in [-0.15, -0.1) is 0 Å². The van der Waals surface area contributed by atoms with Crippen LogP contribution in [0.5, 0.6) is 5.75 Å². The maximum Gasteiger partial charge on any atom is 0.124 e. The number of nitrogens with zero attached hydrogens (tertiary/aromatic N) is 2. The van der Waals surface area contributed by atoms with Gasteiger partial charge in [-0.2, -0.15) is 0 Å². The topological polar surface area (TPSA) is 25.4 Å². The maximum atomic E-state index is 6.11. The number of aromatic nitrogens is 1. The smallest absolute Gasteiger partial charge is 0.124 e. The van der Waals surface area contributed by atoms with Crippen LogP contribution in [0.3, 0.4) is 0 Å². The molecule has 0 amide bonds. The molecule has 3 nitrogen and oxygen atoms in total. The number of hydrogen-bond donors (Lipinski definition) is 0. The average Bonchev–Trinajstić information content (AvgIpc) is 2.56. The molecule has 0 spiro atoms. The van der Waals surface area contributed by atoms with Crippen LogP contribution in [0.4, 0.5) is 0 Å². The van der Waals surface area contributed by atoms with Crippen molar-refractivity contribution in [1.82, 2.24) is 9.88 Å². The van der Waals surface area contributed by atoms with Gasteiger partial charge in [-0.1, -0.05) is 17.7 Å². The van der Waals surface area contributed by atoms with Gasteiger partial charge in [0.05, 0.1) is 5.69 Å². The Morgan fingerprint density at radius 2 is 2.19 bits per heavy atom. The van der Waals surface area contributed by atoms with Crippen LogP contribution in [0.25, 0.3) is 0 Å². The summed E-state index contributed by atoms with van der Waals surface area (Å²) in [4.78, 5) is 6.94. The van der Waals surface area contributed by atoms with Crippen LogP contribution < -0.4 is 4.74 Å².